The molecule has 168 valence electrons. The van der Waals surface area contributed by atoms with Crippen molar-refractivity contribution in [3.63, 3.8) is 0 Å². The number of rotatable bonds is 5. The lowest BCUT2D eigenvalue weighted by Gasteiger charge is -2.15. The second kappa shape index (κ2) is 9.67. The molecule has 0 radical (unpaired) electrons. The number of aryl methyl sites for hydroxylation is 1. The zero-order chi connectivity index (χ0) is 23.4. The van der Waals surface area contributed by atoms with Gasteiger partial charge in [-0.3, -0.25) is 15.2 Å². The molecule has 0 aliphatic heterocycles. The number of carbonyl (C=O) groups excluding carboxylic acids is 1. The summed E-state index contributed by atoms with van der Waals surface area (Å²) < 4.78 is 40.6. The molecule has 0 aliphatic carbocycles. The topological polar surface area (TPSA) is 82.2 Å². The van der Waals surface area contributed by atoms with Gasteiger partial charge in [-0.15, -0.1) is 0 Å². The average Bonchev–Trinajstić information content (AvgIpc) is 3.20. The Morgan fingerprint density at radius 2 is 1.75 bits per heavy atom. The van der Waals surface area contributed by atoms with Gasteiger partial charge >= 0.3 is 0 Å². The summed E-state index contributed by atoms with van der Waals surface area (Å²) in [5.41, 5.74) is 1.64. The molecule has 3 rings (SSSR count). The summed E-state index contributed by atoms with van der Waals surface area (Å²) in [6.07, 6.45) is 0. The Kier molecular flexibility index (Phi) is 6.97. The highest BCUT2D eigenvalue weighted by molar-refractivity contribution is 6.09. The van der Waals surface area contributed by atoms with Gasteiger partial charge in [0.05, 0.1) is 11.7 Å². The zero-order valence-electron chi connectivity index (χ0n) is 18.1. The van der Waals surface area contributed by atoms with Gasteiger partial charge in [0.25, 0.3) is 5.91 Å². The number of anilines is 1. The van der Waals surface area contributed by atoms with Gasteiger partial charge in [0.1, 0.15) is 5.82 Å². The van der Waals surface area contributed by atoms with E-state index in [1.165, 1.54) is 12.1 Å². The number of carbonyl (C=O) groups is 1. The van der Waals surface area contributed by atoms with Crippen LogP contribution < -0.4 is 10.6 Å². The fourth-order valence-corrected chi connectivity index (χ4v) is 2.68. The minimum absolute atomic E-state index is 0.0616. The monoisotopic (exact) mass is 443 g/mol. The van der Waals surface area contributed by atoms with Crippen molar-refractivity contribution in [1.82, 2.24) is 15.5 Å². The first-order valence-electron chi connectivity index (χ1n) is 10.1. The number of halogens is 3. The van der Waals surface area contributed by atoms with Crippen LogP contribution in [0.5, 0.6) is 0 Å². The predicted octanol–water partition coefficient (Wildman–Crippen LogP) is 5.04. The second-order valence-corrected chi connectivity index (χ2v) is 7.80. The molecule has 1 atom stereocenters. The first-order chi connectivity index (χ1) is 15.1. The molecule has 0 spiro atoms. The Hall–Kier alpha value is -3.62. The van der Waals surface area contributed by atoms with E-state index in [9.17, 15) is 18.0 Å². The first kappa shape index (κ1) is 23.1. The predicted molar refractivity (Wildman–Crippen MR) is 118 cm³/mol. The average molecular weight is 443 g/mol. The Bertz CT molecular complexity index is 1160. The molecule has 6 nitrogen and oxygen atoms in total. The van der Waals surface area contributed by atoms with Gasteiger partial charge in [0, 0.05) is 17.2 Å². The van der Waals surface area contributed by atoms with E-state index >= 15 is 0 Å². The first-order valence-corrected chi connectivity index (χ1v) is 10.1. The van der Waals surface area contributed by atoms with Crippen molar-refractivity contribution in [3.05, 3.63) is 71.0 Å². The van der Waals surface area contributed by atoms with Gasteiger partial charge < -0.3 is 5.32 Å². The number of hydrogen-bond donors (Lipinski definition) is 3. The van der Waals surface area contributed by atoms with E-state index in [0.29, 0.717) is 22.6 Å². The van der Waals surface area contributed by atoms with Crippen LogP contribution in [0.2, 0.25) is 0 Å². The highest BCUT2D eigenvalue weighted by Crippen LogP contribution is 2.22. The molecular formula is C23H24F3N5O. The van der Waals surface area contributed by atoms with E-state index in [1.807, 2.05) is 20.8 Å². The standard InChI is InChI=1S/C23H24F3N5O/c1-12(2)14(4)27-23(29-22(32)16-7-8-17(24)19(26)10-16)28-21-11-20(30-31-21)15-6-5-13(3)18(25)9-15/h5-12,14H,1-4H3,(H3,27,28,29,30,31,32). The molecule has 3 N–H and O–H groups in total. The lowest BCUT2D eigenvalue weighted by atomic mass is 10.1. The highest BCUT2D eigenvalue weighted by atomic mass is 19.2. The summed E-state index contributed by atoms with van der Waals surface area (Å²) in [6, 6.07) is 9.17. The molecule has 1 aromatic heterocycles. The molecule has 0 bridgehead atoms. The molecular weight excluding hydrogens is 419 g/mol. The van der Waals surface area contributed by atoms with Gasteiger partial charge in [-0.1, -0.05) is 26.0 Å². The molecule has 1 unspecified atom stereocenters. The normalized spacial score (nSPS) is 12.7. The van der Waals surface area contributed by atoms with Crippen LogP contribution in [0.1, 0.15) is 36.7 Å². The Morgan fingerprint density at radius 3 is 2.41 bits per heavy atom. The molecule has 1 amide bonds. The lowest BCUT2D eigenvalue weighted by Crippen LogP contribution is -2.37. The van der Waals surface area contributed by atoms with Gasteiger partial charge in [0.2, 0.25) is 5.96 Å². The summed E-state index contributed by atoms with van der Waals surface area (Å²) in [5.74, 6) is -2.56. The maximum absolute atomic E-state index is 13.9. The van der Waals surface area contributed by atoms with Gasteiger partial charge in [-0.05, 0) is 49.6 Å². The number of nitrogens with one attached hydrogen (secondary N) is 3. The molecule has 1 heterocycles. The Balaban J connectivity index is 1.83. The van der Waals surface area contributed by atoms with Gasteiger partial charge in [-0.25, -0.2) is 18.2 Å². The van der Waals surface area contributed by atoms with Crippen LogP contribution in [-0.4, -0.2) is 28.1 Å². The van der Waals surface area contributed by atoms with Crippen LogP contribution >= 0.6 is 0 Å². The van der Waals surface area contributed by atoms with Gasteiger partial charge in [-0.2, -0.15) is 5.10 Å². The van der Waals surface area contributed by atoms with Crippen LogP contribution in [0.25, 0.3) is 11.3 Å². The van der Waals surface area contributed by atoms with Crippen molar-refractivity contribution in [2.24, 2.45) is 10.9 Å². The van der Waals surface area contributed by atoms with Crippen molar-refractivity contribution >= 4 is 17.7 Å². The highest BCUT2D eigenvalue weighted by Gasteiger charge is 2.16. The third kappa shape index (κ3) is 5.54. The third-order valence-corrected chi connectivity index (χ3v) is 5.02. The molecule has 3 aromatic rings. The van der Waals surface area contributed by atoms with E-state index < -0.39 is 17.5 Å². The number of H-pyrrole nitrogens is 1. The molecule has 2 aromatic carbocycles. The summed E-state index contributed by atoms with van der Waals surface area (Å²) in [7, 11) is 0. The van der Waals surface area contributed by atoms with Crippen LogP contribution in [0, 0.1) is 30.3 Å². The van der Waals surface area contributed by atoms with Crippen LogP contribution in [0.3, 0.4) is 0 Å². The van der Waals surface area contributed by atoms with Crippen LogP contribution in [-0.2, 0) is 0 Å². The van der Waals surface area contributed by atoms with E-state index in [4.69, 9.17) is 0 Å². The molecule has 32 heavy (non-hydrogen) atoms. The number of aliphatic imine (C=N–C) groups is 1. The van der Waals surface area contributed by atoms with E-state index in [0.717, 1.165) is 12.1 Å². The van der Waals surface area contributed by atoms with Crippen molar-refractivity contribution in [2.75, 3.05) is 5.32 Å². The Labute approximate surface area is 184 Å². The second-order valence-electron chi connectivity index (χ2n) is 7.80. The molecule has 0 fully saturated rings. The minimum Gasteiger partial charge on any atom is -0.309 e. The van der Waals surface area contributed by atoms with Crippen molar-refractivity contribution < 1.29 is 18.0 Å². The van der Waals surface area contributed by atoms with E-state index in [2.05, 4.69) is 25.8 Å². The number of nitrogens with zero attached hydrogens (tertiary/aromatic N) is 2. The zero-order valence-corrected chi connectivity index (χ0v) is 18.1. The SMILES string of the molecule is Cc1ccc(-c2cc(NC(=NC(C)C(C)C)NC(=O)c3ccc(F)c(F)c3)n[nH]2)cc1F. The number of amides is 1. The summed E-state index contributed by atoms with van der Waals surface area (Å²) in [5, 5.41) is 12.5. The summed E-state index contributed by atoms with van der Waals surface area (Å²) >= 11 is 0. The number of benzene rings is 2. The number of guanidine groups is 1. The molecule has 0 saturated heterocycles. The molecule has 9 heteroatoms. The smallest absolute Gasteiger partial charge is 0.258 e. The number of aromatic nitrogens is 2. The minimum atomic E-state index is -1.12. The quantitative estimate of drug-likeness (QED) is 0.381. The largest absolute Gasteiger partial charge is 0.309 e. The maximum atomic E-state index is 13.9. The van der Waals surface area contributed by atoms with Crippen LogP contribution in [0.15, 0.2) is 47.5 Å². The van der Waals surface area contributed by atoms with Gasteiger partial charge in [0.15, 0.2) is 17.5 Å². The fourth-order valence-electron chi connectivity index (χ4n) is 2.68. The van der Waals surface area contributed by atoms with Crippen molar-refractivity contribution in [2.45, 2.75) is 33.7 Å². The van der Waals surface area contributed by atoms with Crippen molar-refractivity contribution in [3.8, 4) is 11.3 Å². The number of aromatic amines is 1. The van der Waals surface area contributed by atoms with Crippen LogP contribution in [0.4, 0.5) is 19.0 Å². The fraction of sp³-hybridized carbons (Fsp3) is 0.261. The van der Waals surface area contributed by atoms with E-state index in [-0.39, 0.29) is 29.3 Å². The van der Waals surface area contributed by atoms with E-state index in [1.54, 1.807) is 25.1 Å². The lowest BCUT2D eigenvalue weighted by molar-refractivity contribution is 0.0976. The maximum Gasteiger partial charge on any atom is 0.258 e. The molecule has 0 aliphatic rings. The third-order valence-electron chi connectivity index (χ3n) is 5.02. The summed E-state index contributed by atoms with van der Waals surface area (Å²) in [6.45, 7) is 7.50. The molecule has 0 saturated carbocycles. The number of hydrogen-bond acceptors (Lipinski definition) is 3. The Morgan fingerprint density at radius 1 is 1.00 bits per heavy atom. The van der Waals surface area contributed by atoms with Crippen molar-refractivity contribution in [1.29, 1.82) is 0 Å². The summed E-state index contributed by atoms with van der Waals surface area (Å²) in [4.78, 5) is 17.0.